The van der Waals surface area contributed by atoms with Crippen LogP contribution < -0.4 is 0 Å². The molecule has 29 heavy (non-hydrogen) atoms. The lowest BCUT2D eigenvalue weighted by Gasteiger charge is -2.38. The van der Waals surface area contributed by atoms with Crippen molar-refractivity contribution in [1.29, 1.82) is 0 Å². The van der Waals surface area contributed by atoms with Crippen LogP contribution in [0.5, 0.6) is 0 Å². The molecule has 4 fully saturated rings. The van der Waals surface area contributed by atoms with Crippen molar-refractivity contribution in [2.24, 2.45) is 5.92 Å². The number of imide groups is 2. The summed E-state index contributed by atoms with van der Waals surface area (Å²) in [6.45, 7) is 4.85. The van der Waals surface area contributed by atoms with E-state index in [2.05, 4.69) is 4.90 Å². The Kier molecular flexibility index (Phi) is 5.69. The lowest BCUT2D eigenvalue weighted by atomic mass is 9.85. The van der Waals surface area contributed by atoms with E-state index in [9.17, 15) is 22.8 Å². The van der Waals surface area contributed by atoms with Gasteiger partial charge in [-0.05, 0) is 25.2 Å². The Morgan fingerprint density at radius 3 is 2.24 bits per heavy atom. The Balaban J connectivity index is 1.34. The van der Waals surface area contributed by atoms with E-state index in [1.54, 1.807) is 0 Å². The first-order chi connectivity index (χ1) is 13.8. The van der Waals surface area contributed by atoms with Crippen molar-refractivity contribution in [2.45, 2.75) is 51.1 Å². The van der Waals surface area contributed by atoms with Gasteiger partial charge in [0.05, 0.1) is 18.2 Å². The van der Waals surface area contributed by atoms with E-state index in [0.717, 1.165) is 30.6 Å². The van der Waals surface area contributed by atoms with Crippen LogP contribution in [-0.4, -0.2) is 102 Å². The number of carbonyl (C=O) groups excluding carboxylic acids is 3. The maximum atomic E-state index is 12.9. The van der Waals surface area contributed by atoms with Crippen LogP contribution in [0.2, 0.25) is 0 Å². The number of carbonyl (C=O) groups is 3. The van der Waals surface area contributed by atoms with Crippen LogP contribution >= 0.6 is 0 Å². The quantitative estimate of drug-likeness (QED) is 0.465. The van der Waals surface area contributed by atoms with Gasteiger partial charge in [0, 0.05) is 38.3 Å². The normalized spacial score (nSPS) is 34.4. The van der Waals surface area contributed by atoms with Gasteiger partial charge in [0.15, 0.2) is 9.84 Å². The standard InChI is InChI=1S/C19H30N4O5S/c1-14-4-2-3-5-16(14)23-18(25)17(24)22(19(23)26)13-20-7-9-21(10-8-20)15-6-11-29(27,28)12-15/h14-16H,2-13H2,1H3. The molecule has 0 radical (unpaired) electrons. The molecule has 162 valence electrons. The fraction of sp³-hybridized carbons (Fsp3) is 0.842. The van der Waals surface area contributed by atoms with Gasteiger partial charge in [-0.25, -0.2) is 18.1 Å². The fourth-order valence-electron chi connectivity index (χ4n) is 5.15. The number of sulfone groups is 1. The lowest BCUT2D eigenvalue weighted by Crippen LogP contribution is -2.54. The first kappa shape index (κ1) is 20.7. The molecule has 0 aromatic carbocycles. The predicted molar refractivity (Wildman–Crippen MR) is 106 cm³/mol. The summed E-state index contributed by atoms with van der Waals surface area (Å²) in [4.78, 5) is 44.4. The van der Waals surface area contributed by atoms with Crippen LogP contribution in [0.1, 0.15) is 39.0 Å². The van der Waals surface area contributed by atoms with Crippen molar-refractivity contribution >= 4 is 27.7 Å². The Bertz CT molecular complexity index is 792. The fourth-order valence-corrected chi connectivity index (χ4v) is 6.91. The molecule has 0 N–H and O–H groups in total. The average Bonchev–Trinajstić information content (AvgIpc) is 3.15. The van der Waals surface area contributed by atoms with E-state index >= 15 is 0 Å². The van der Waals surface area contributed by atoms with E-state index < -0.39 is 27.7 Å². The molecule has 3 unspecified atom stereocenters. The molecular weight excluding hydrogens is 396 g/mol. The summed E-state index contributed by atoms with van der Waals surface area (Å²) in [5, 5.41) is 0. The number of nitrogens with zero attached hydrogens (tertiary/aromatic N) is 4. The predicted octanol–water partition coefficient (Wildman–Crippen LogP) is 0.118. The third-order valence-corrected chi connectivity index (χ3v) is 8.71. The SMILES string of the molecule is CC1CCCCC1N1C(=O)C(=O)N(CN2CCN(C3CCS(=O)(=O)C3)CC2)C1=O. The Hall–Kier alpha value is -1.52. The minimum atomic E-state index is -2.91. The van der Waals surface area contributed by atoms with Crippen molar-refractivity contribution in [3.63, 3.8) is 0 Å². The topological polar surface area (TPSA) is 98.3 Å². The monoisotopic (exact) mass is 426 g/mol. The van der Waals surface area contributed by atoms with Crippen molar-refractivity contribution in [3.8, 4) is 0 Å². The molecule has 9 nitrogen and oxygen atoms in total. The summed E-state index contributed by atoms with van der Waals surface area (Å²) in [5.74, 6) is -0.720. The van der Waals surface area contributed by atoms with Crippen molar-refractivity contribution < 1.29 is 22.8 Å². The molecule has 3 atom stereocenters. The molecule has 4 rings (SSSR count). The first-order valence-electron chi connectivity index (χ1n) is 10.6. The van der Waals surface area contributed by atoms with Gasteiger partial charge in [-0.2, -0.15) is 0 Å². The van der Waals surface area contributed by atoms with Crippen molar-refractivity contribution in [3.05, 3.63) is 0 Å². The van der Waals surface area contributed by atoms with Gasteiger partial charge in [0.25, 0.3) is 0 Å². The molecule has 0 spiro atoms. The zero-order chi connectivity index (χ0) is 20.8. The maximum absolute atomic E-state index is 12.9. The lowest BCUT2D eigenvalue weighted by molar-refractivity contribution is -0.145. The zero-order valence-electron chi connectivity index (χ0n) is 17.0. The molecule has 1 aliphatic carbocycles. The number of urea groups is 1. The number of hydrogen-bond donors (Lipinski definition) is 0. The molecule has 4 aliphatic rings. The summed E-state index contributed by atoms with van der Waals surface area (Å²) in [7, 11) is -2.91. The minimum absolute atomic E-state index is 0.0714. The molecule has 1 saturated carbocycles. The zero-order valence-corrected chi connectivity index (χ0v) is 17.8. The highest BCUT2D eigenvalue weighted by atomic mass is 32.2. The molecule has 10 heteroatoms. The maximum Gasteiger partial charge on any atom is 0.335 e. The molecule has 0 aromatic rings. The van der Waals surface area contributed by atoms with Gasteiger partial charge in [-0.15, -0.1) is 0 Å². The average molecular weight is 427 g/mol. The van der Waals surface area contributed by atoms with Gasteiger partial charge < -0.3 is 0 Å². The number of hydrogen-bond acceptors (Lipinski definition) is 7. The third kappa shape index (κ3) is 4.06. The van der Waals surface area contributed by atoms with Gasteiger partial charge in [-0.1, -0.05) is 19.8 Å². The summed E-state index contributed by atoms with van der Waals surface area (Å²) >= 11 is 0. The van der Waals surface area contributed by atoms with Crippen molar-refractivity contribution in [2.75, 3.05) is 44.4 Å². The summed E-state index contributed by atoms with van der Waals surface area (Å²) in [5.41, 5.74) is 0. The molecule has 3 heterocycles. The Labute approximate surface area is 171 Å². The van der Waals surface area contributed by atoms with E-state index in [1.165, 1.54) is 4.90 Å². The van der Waals surface area contributed by atoms with Crippen LogP contribution in [-0.2, 0) is 19.4 Å². The number of amides is 4. The van der Waals surface area contributed by atoms with E-state index in [1.807, 2.05) is 11.8 Å². The van der Waals surface area contributed by atoms with E-state index in [0.29, 0.717) is 32.6 Å². The summed E-state index contributed by atoms with van der Waals surface area (Å²) in [6, 6.07) is -0.594. The molecule has 3 saturated heterocycles. The van der Waals surface area contributed by atoms with Crippen LogP contribution in [0, 0.1) is 5.92 Å². The van der Waals surface area contributed by atoms with Crippen LogP contribution in [0.4, 0.5) is 4.79 Å². The van der Waals surface area contributed by atoms with Crippen LogP contribution in [0.15, 0.2) is 0 Å². The third-order valence-electron chi connectivity index (χ3n) is 6.95. The Morgan fingerprint density at radius 2 is 1.62 bits per heavy atom. The molecular formula is C19H30N4O5S. The molecule has 0 bridgehead atoms. The highest BCUT2D eigenvalue weighted by Gasteiger charge is 2.49. The highest BCUT2D eigenvalue weighted by molar-refractivity contribution is 7.91. The summed E-state index contributed by atoms with van der Waals surface area (Å²) in [6.07, 6.45) is 4.48. The first-order valence-corrected chi connectivity index (χ1v) is 12.4. The van der Waals surface area contributed by atoms with Crippen molar-refractivity contribution in [1.82, 2.24) is 19.6 Å². The second-order valence-corrected chi connectivity index (χ2v) is 11.1. The molecule has 3 aliphatic heterocycles. The largest absolute Gasteiger partial charge is 0.335 e. The number of rotatable bonds is 4. The van der Waals surface area contributed by atoms with Gasteiger partial charge in [0.1, 0.15) is 0 Å². The van der Waals surface area contributed by atoms with Gasteiger partial charge in [-0.3, -0.25) is 24.3 Å². The minimum Gasteiger partial charge on any atom is -0.297 e. The second-order valence-electron chi connectivity index (χ2n) is 8.87. The highest BCUT2D eigenvalue weighted by Crippen LogP contribution is 2.31. The molecule has 0 aromatic heterocycles. The van der Waals surface area contributed by atoms with E-state index in [-0.39, 0.29) is 36.2 Å². The Morgan fingerprint density at radius 1 is 0.931 bits per heavy atom. The number of piperazine rings is 1. The van der Waals surface area contributed by atoms with Crippen LogP contribution in [0.25, 0.3) is 0 Å². The van der Waals surface area contributed by atoms with Gasteiger partial charge in [0.2, 0.25) is 0 Å². The van der Waals surface area contributed by atoms with E-state index in [4.69, 9.17) is 0 Å². The molecule has 4 amide bonds. The summed E-state index contributed by atoms with van der Waals surface area (Å²) < 4.78 is 23.4. The second kappa shape index (κ2) is 7.96. The van der Waals surface area contributed by atoms with Crippen LogP contribution in [0.3, 0.4) is 0 Å². The van der Waals surface area contributed by atoms with Gasteiger partial charge >= 0.3 is 17.8 Å². The smallest absolute Gasteiger partial charge is 0.297 e.